The van der Waals surface area contributed by atoms with Gasteiger partial charge in [0, 0.05) is 18.5 Å². The van der Waals surface area contributed by atoms with Gasteiger partial charge in [0.15, 0.2) is 0 Å². The van der Waals surface area contributed by atoms with Crippen molar-refractivity contribution in [2.24, 2.45) is 17.6 Å². The topological polar surface area (TPSA) is 55.1 Å². The van der Waals surface area contributed by atoms with E-state index < -0.39 is 0 Å². The van der Waals surface area contributed by atoms with Crippen LogP contribution in [0.1, 0.15) is 44.9 Å². The monoisotopic (exact) mass is 210 g/mol. The Hall–Kier alpha value is -0.570. The van der Waals surface area contributed by atoms with Crippen LogP contribution < -0.4 is 11.1 Å². The summed E-state index contributed by atoms with van der Waals surface area (Å²) in [5.74, 6) is 1.09. The van der Waals surface area contributed by atoms with Gasteiger partial charge in [-0.1, -0.05) is 19.3 Å². The molecule has 2 atom stereocenters. The van der Waals surface area contributed by atoms with E-state index in [0.29, 0.717) is 17.9 Å². The first kappa shape index (κ1) is 10.9. The van der Waals surface area contributed by atoms with Gasteiger partial charge in [-0.2, -0.15) is 0 Å². The molecule has 0 saturated heterocycles. The van der Waals surface area contributed by atoms with Crippen LogP contribution in [-0.4, -0.2) is 18.5 Å². The van der Waals surface area contributed by atoms with Gasteiger partial charge >= 0.3 is 0 Å². The van der Waals surface area contributed by atoms with E-state index in [4.69, 9.17) is 5.73 Å². The Balaban J connectivity index is 1.70. The van der Waals surface area contributed by atoms with Gasteiger partial charge in [-0.15, -0.1) is 0 Å². The van der Waals surface area contributed by atoms with Gasteiger partial charge in [-0.3, -0.25) is 4.79 Å². The van der Waals surface area contributed by atoms with E-state index in [1.807, 2.05) is 0 Å². The predicted octanol–water partition coefficient (Wildman–Crippen LogP) is 1.42. The maximum atomic E-state index is 11.8. The van der Waals surface area contributed by atoms with Gasteiger partial charge < -0.3 is 11.1 Å². The minimum atomic E-state index is 0.270. The van der Waals surface area contributed by atoms with Crippen molar-refractivity contribution in [2.45, 2.75) is 51.0 Å². The molecule has 86 valence electrons. The highest BCUT2D eigenvalue weighted by Gasteiger charge is 2.26. The number of rotatable bonds is 3. The molecule has 3 N–H and O–H groups in total. The van der Waals surface area contributed by atoms with Gasteiger partial charge in [0.1, 0.15) is 0 Å². The highest BCUT2D eigenvalue weighted by atomic mass is 16.1. The Morgan fingerprint density at radius 2 is 1.87 bits per heavy atom. The second-order valence-electron chi connectivity index (χ2n) is 5.08. The first-order chi connectivity index (χ1) is 7.27. The molecule has 0 heterocycles. The molecule has 2 saturated carbocycles. The van der Waals surface area contributed by atoms with Crippen LogP contribution >= 0.6 is 0 Å². The average Bonchev–Trinajstić information content (AvgIpc) is 2.85. The first-order valence-electron chi connectivity index (χ1n) is 6.30. The van der Waals surface area contributed by atoms with Gasteiger partial charge in [-0.05, 0) is 31.6 Å². The number of hydrogen-bond donors (Lipinski definition) is 2. The lowest BCUT2D eigenvalue weighted by molar-refractivity contribution is -0.125. The molecule has 0 bridgehead atoms. The Bertz CT molecular complexity index is 224. The molecule has 0 spiro atoms. The molecular formula is C12H22N2O. The molecule has 3 heteroatoms. The Labute approximate surface area is 91.8 Å². The second-order valence-corrected chi connectivity index (χ2v) is 5.08. The zero-order chi connectivity index (χ0) is 10.7. The van der Waals surface area contributed by atoms with Crippen LogP contribution in [0.15, 0.2) is 0 Å². The summed E-state index contributed by atoms with van der Waals surface area (Å²) in [6, 6.07) is 0.314. The fraction of sp³-hybridized carbons (Fsp3) is 0.917. The summed E-state index contributed by atoms with van der Waals surface area (Å²) >= 11 is 0. The molecular weight excluding hydrogens is 188 g/mol. The summed E-state index contributed by atoms with van der Waals surface area (Å²) < 4.78 is 0. The lowest BCUT2D eigenvalue weighted by Crippen LogP contribution is -2.38. The maximum Gasteiger partial charge on any atom is 0.223 e. The first-order valence-corrected chi connectivity index (χ1v) is 6.30. The quantitative estimate of drug-likeness (QED) is 0.740. The smallest absolute Gasteiger partial charge is 0.223 e. The number of hydrogen-bond acceptors (Lipinski definition) is 2. The number of nitrogens with one attached hydrogen (secondary N) is 1. The molecule has 3 nitrogen and oxygen atoms in total. The lowest BCUT2D eigenvalue weighted by atomic mass is 10.0. The van der Waals surface area contributed by atoms with E-state index in [1.54, 1.807) is 0 Å². The molecule has 0 aliphatic heterocycles. The van der Waals surface area contributed by atoms with Crippen molar-refractivity contribution in [3.63, 3.8) is 0 Å². The molecule has 1 amide bonds. The van der Waals surface area contributed by atoms with Gasteiger partial charge in [0.25, 0.3) is 0 Å². The number of amides is 1. The zero-order valence-corrected chi connectivity index (χ0v) is 9.37. The summed E-state index contributed by atoms with van der Waals surface area (Å²) in [4.78, 5) is 11.8. The highest BCUT2D eigenvalue weighted by molar-refractivity contribution is 5.78. The summed E-state index contributed by atoms with van der Waals surface area (Å²) in [5, 5.41) is 3.08. The number of carbonyl (C=O) groups is 1. The minimum Gasteiger partial charge on any atom is -0.356 e. The summed E-state index contributed by atoms with van der Waals surface area (Å²) in [6.45, 7) is 0.802. The van der Waals surface area contributed by atoms with Crippen molar-refractivity contribution in [1.29, 1.82) is 0 Å². The molecule has 0 aromatic heterocycles. The third-order valence-electron chi connectivity index (χ3n) is 3.98. The van der Waals surface area contributed by atoms with Crippen LogP contribution in [0.3, 0.4) is 0 Å². The van der Waals surface area contributed by atoms with Crippen LogP contribution in [0, 0.1) is 11.8 Å². The van der Waals surface area contributed by atoms with E-state index in [1.165, 1.54) is 25.7 Å². The maximum absolute atomic E-state index is 11.8. The minimum absolute atomic E-state index is 0.270. The highest BCUT2D eigenvalue weighted by Crippen LogP contribution is 2.26. The average molecular weight is 210 g/mol. The SMILES string of the molecule is NC1CCCC1CNC(=O)C1CCCC1. The molecule has 2 unspecified atom stereocenters. The summed E-state index contributed by atoms with van der Waals surface area (Å²) in [7, 11) is 0. The van der Waals surface area contributed by atoms with Gasteiger partial charge in [0.05, 0.1) is 0 Å². The van der Waals surface area contributed by atoms with E-state index in [2.05, 4.69) is 5.32 Å². The number of nitrogens with two attached hydrogens (primary N) is 1. The molecule has 2 fully saturated rings. The van der Waals surface area contributed by atoms with Crippen molar-refractivity contribution in [3.05, 3.63) is 0 Å². The van der Waals surface area contributed by atoms with E-state index in [-0.39, 0.29) is 5.91 Å². The fourth-order valence-corrected chi connectivity index (χ4v) is 2.88. The van der Waals surface area contributed by atoms with Crippen LogP contribution in [-0.2, 0) is 4.79 Å². The fourth-order valence-electron chi connectivity index (χ4n) is 2.88. The third-order valence-corrected chi connectivity index (χ3v) is 3.98. The van der Waals surface area contributed by atoms with Crippen molar-refractivity contribution < 1.29 is 4.79 Å². The van der Waals surface area contributed by atoms with Crippen LogP contribution in [0.2, 0.25) is 0 Å². The van der Waals surface area contributed by atoms with Crippen molar-refractivity contribution in [3.8, 4) is 0 Å². The molecule has 2 aliphatic rings. The van der Waals surface area contributed by atoms with Crippen molar-refractivity contribution in [2.75, 3.05) is 6.54 Å². The summed E-state index contributed by atoms with van der Waals surface area (Å²) in [5.41, 5.74) is 5.97. The van der Waals surface area contributed by atoms with E-state index >= 15 is 0 Å². The Kier molecular flexibility index (Phi) is 3.62. The second kappa shape index (κ2) is 4.97. The third kappa shape index (κ3) is 2.71. The molecule has 15 heavy (non-hydrogen) atoms. The van der Waals surface area contributed by atoms with Crippen LogP contribution in [0.5, 0.6) is 0 Å². The van der Waals surface area contributed by atoms with Gasteiger partial charge in [-0.25, -0.2) is 0 Å². The number of carbonyl (C=O) groups excluding carboxylic acids is 1. The molecule has 0 aromatic rings. The largest absolute Gasteiger partial charge is 0.356 e. The normalized spacial score (nSPS) is 32.1. The standard InChI is InChI=1S/C12H22N2O/c13-11-7-3-6-10(11)8-14-12(15)9-4-1-2-5-9/h9-11H,1-8,13H2,(H,14,15). The molecule has 2 rings (SSSR count). The van der Waals surface area contributed by atoms with E-state index in [9.17, 15) is 4.79 Å². The zero-order valence-electron chi connectivity index (χ0n) is 9.37. The van der Waals surface area contributed by atoms with E-state index in [0.717, 1.165) is 25.8 Å². The van der Waals surface area contributed by atoms with Gasteiger partial charge in [0.2, 0.25) is 5.91 Å². The van der Waals surface area contributed by atoms with Crippen LogP contribution in [0.25, 0.3) is 0 Å². The van der Waals surface area contributed by atoms with Crippen molar-refractivity contribution >= 4 is 5.91 Å². The lowest BCUT2D eigenvalue weighted by Gasteiger charge is -2.17. The summed E-state index contributed by atoms with van der Waals surface area (Å²) in [6.07, 6.45) is 8.16. The van der Waals surface area contributed by atoms with Crippen molar-refractivity contribution in [1.82, 2.24) is 5.32 Å². The Morgan fingerprint density at radius 1 is 1.13 bits per heavy atom. The van der Waals surface area contributed by atoms with Crippen LogP contribution in [0.4, 0.5) is 0 Å². The molecule has 2 aliphatic carbocycles. The Morgan fingerprint density at radius 3 is 2.47 bits per heavy atom. The molecule has 0 radical (unpaired) electrons. The molecule has 0 aromatic carbocycles. The predicted molar refractivity (Wildman–Crippen MR) is 60.3 cm³/mol.